The molecule has 3 aliphatic rings. The molecule has 3 fully saturated rings. The van der Waals surface area contributed by atoms with Crippen molar-refractivity contribution in [2.45, 2.75) is 69.2 Å². The van der Waals surface area contributed by atoms with E-state index in [-0.39, 0.29) is 40.8 Å². The molecule has 3 saturated heterocycles. The lowest BCUT2D eigenvalue weighted by Crippen LogP contribution is -2.52. The van der Waals surface area contributed by atoms with Crippen LogP contribution < -0.4 is 5.32 Å². The summed E-state index contributed by atoms with van der Waals surface area (Å²) in [4.78, 5) is 39.8. The van der Waals surface area contributed by atoms with E-state index in [1.807, 2.05) is 6.92 Å². The zero-order valence-electron chi connectivity index (χ0n) is 18.3. The van der Waals surface area contributed by atoms with E-state index in [1.54, 1.807) is 0 Å². The highest BCUT2D eigenvalue weighted by molar-refractivity contribution is 7.89. The van der Waals surface area contributed by atoms with Crippen molar-refractivity contribution in [3.05, 3.63) is 17.4 Å². The largest absolute Gasteiger partial charge is 0.448 e. The maximum Gasteiger partial charge on any atom is 0.276 e. The van der Waals surface area contributed by atoms with Crippen LogP contribution in [0.3, 0.4) is 0 Å². The van der Waals surface area contributed by atoms with E-state index in [0.29, 0.717) is 38.9 Å². The van der Waals surface area contributed by atoms with Gasteiger partial charge in [-0.1, -0.05) is 13.3 Å². The average Bonchev–Trinajstić information content (AvgIpc) is 3.53. The van der Waals surface area contributed by atoms with Crippen LogP contribution in [-0.4, -0.2) is 79.6 Å². The van der Waals surface area contributed by atoms with E-state index in [9.17, 15) is 22.8 Å². The SMILES string of the molecule is CCCC(NC(=O)c1cc(S(=O)(=O)N2CCCC2)oc1C)C(=O)N1CCC2OCC(=O)C21. The van der Waals surface area contributed by atoms with Crippen molar-refractivity contribution in [1.82, 2.24) is 14.5 Å². The van der Waals surface area contributed by atoms with Crippen LogP contribution in [-0.2, 0) is 24.3 Å². The summed E-state index contributed by atoms with van der Waals surface area (Å²) in [6.45, 7) is 4.68. The van der Waals surface area contributed by atoms with Gasteiger partial charge in [0.25, 0.3) is 15.9 Å². The van der Waals surface area contributed by atoms with Crippen molar-refractivity contribution in [2.24, 2.45) is 0 Å². The first kappa shape index (κ1) is 22.9. The van der Waals surface area contributed by atoms with Gasteiger partial charge in [-0.2, -0.15) is 4.31 Å². The zero-order valence-corrected chi connectivity index (χ0v) is 19.2. The highest BCUT2D eigenvalue weighted by Crippen LogP contribution is 2.28. The topological polar surface area (TPSA) is 126 Å². The van der Waals surface area contributed by atoms with E-state index in [1.165, 1.54) is 22.2 Å². The second-order valence-corrected chi connectivity index (χ2v) is 10.4. The maximum absolute atomic E-state index is 13.2. The predicted molar refractivity (Wildman–Crippen MR) is 112 cm³/mol. The van der Waals surface area contributed by atoms with E-state index < -0.39 is 28.0 Å². The first-order chi connectivity index (χ1) is 15.2. The molecule has 3 unspecified atom stereocenters. The number of ether oxygens (including phenoxy) is 1. The number of hydrogen-bond acceptors (Lipinski definition) is 7. The molecule has 3 aliphatic heterocycles. The quantitative estimate of drug-likeness (QED) is 0.630. The molecular formula is C21H29N3O7S. The number of aryl methyl sites for hydroxylation is 1. The lowest BCUT2D eigenvalue weighted by Gasteiger charge is -2.27. The van der Waals surface area contributed by atoms with Crippen LogP contribution in [0.15, 0.2) is 15.6 Å². The van der Waals surface area contributed by atoms with Gasteiger partial charge in [-0.05, 0) is 32.6 Å². The zero-order chi connectivity index (χ0) is 23.0. The van der Waals surface area contributed by atoms with Crippen LogP contribution >= 0.6 is 0 Å². The Morgan fingerprint density at radius 3 is 2.66 bits per heavy atom. The van der Waals surface area contributed by atoms with Gasteiger partial charge >= 0.3 is 0 Å². The summed E-state index contributed by atoms with van der Waals surface area (Å²) in [5, 5.41) is 2.46. The van der Waals surface area contributed by atoms with Crippen LogP contribution in [0, 0.1) is 6.92 Å². The van der Waals surface area contributed by atoms with Gasteiger partial charge in [0.05, 0.1) is 11.7 Å². The minimum absolute atomic E-state index is 0.00635. The smallest absolute Gasteiger partial charge is 0.276 e. The molecule has 0 radical (unpaired) electrons. The van der Waals surface area contributed by atoms with Gasteiger partial charge in [0.15, 0.2) is 5.78 Å². The monoisotopic (exact) mass is 467 g/mol. The molecule has 10 nitrogen and oxygen atoms in total. The third-order valence-electron chi connectivity index (χ3n) is 6.37. The molecule has 11 heteroatoms. The van der Waals surface area contributed by atoms with E-state index in [0.717, 1.165) is 12.8 Å². The standard InChI is InChI=1S/C21H29N3O7S/c1-3-6-15(21(27)24-10-7-17-19(24)16(25)12-30-17)22-20(26)14-11-18(31-13(14)2)32(28,29)23-8-4-5-9-23/h11,15,17,19H,3-10,12H2,1-2H3,(H,22,26). The molecule has 1 aromatic rings. The summed E-state index contributed by atoms with van der Waals surface area (Å²) < 4.78 is 37.8. The maximum atomic E-state index is 13.2. The van der Waals surface area contributed by atoms with Crippen molar-refractivity contribution in [3.8, 4) is 0 Å². The molecule has 0 saturated carbocycles. The van der Waals surface area contributed by atoms with E-state index in [2.05, 4.69) is 5.32 Å². The Morgan fingerprint density at radius 2 is 1.97 bits per heavy atom. The first-order valence-corrected chi connectivity index (χ1v) is 12.5. The summed E-state index contributed by atoms with van der Waals surface area (Å²) in [7, 11) is -3.80. The fourth-order valence-corrected chi connectivity index (χ4v) is 6.18. The van der Waals surface area contributed by atoms with Crippen LogP contribution in [0.1, 0.15) is 55.1 Å². The third kappa shape index (κ3) is 4.08. The Hall–Kier alpha value is -2.24. The van der Waals surface area contributed by atoms with Crippen molar-refractivity contribution < 1.29 is 32.0 Å². The lowest BCUT2D eigenvalue weighted by molar-refractivity contribution is -0.138. The van der Waals surface area contributed by atoms with Crippen LogP contribution in [0.5, 0.6) is 0 Å². The fraction of sp³-hybridized carbons (Fsp3) is 0.667. The molecule has 4 rings (SSSR count). The number of likely N-dealkylation sites (tertiary alicyclic amines) is 1. The lowest BCUT2D eigenvalue weighted by atomic mass is 10.1. The molecule has 1 aromatic heterocycles. The minimum atomic E-state index is -3.80. The number of amides is 2. The molecule has 1 N–H and O–H groups in total. The first-order valence-electron chi connectivity index (χ1n) is 11.1. The number of carbonyl (C=O) groups is 3. The normalized spacial score (nSPS) is 24.7. The van der Waals surface area contributed by atoms with Gasteiger partial charge in [0.1, 0.15) is 24.5 Å². The Balaban J connectivity index is 1.50. The van der Waals surface area contributed by atoms with Gasteiger partial charge in [-0.3, -0.25) is 14.4 Å². The molecule has 32 heavy (non-hydrogen) atoms. The van der Waals surface area contributed by atoms with Gasteiger partial charge in [-0.15, -0.1) is 0 Å². The van der Waals surface area contributed by atoms with Crippen molar-refractivity contribution in [2.75, 3.05) is 26.2 Å². The summed E-state index contributed by atoms with van der Waals surface area (Å²) in [6, 6.07) is -0.189. The molecule has 176 valence electrons. The predicted octanol–water partition coefficient (Wildman–Crippen LogP) is 0.840. The number of nitrogens with zero attached hydrogens (tertiary/aromatic N) is 2. The Bertz CT molecular complexity index is 1010. The number of carbonyl (C=O) groups excluding carboxylic acids is 3. The van der Waals surface area contributed by atoms with Crippen molar-refractivity contribution >= 4 is 27.6 Å². The number of nitrogens with one attached hydrogen (secondary N) is 1. The number of furan rings is 1. The van der Waals surface area contributed by atoms with Crippen LogP contribution in [0.4, 0.5) is 0 Å². The summed E-state index contributed by atoms with van der Waals surface area (Å²) >= 11 is 0. The highest BCUT2D eigenvalue weighted by Gasteiger charge is 2.48. The summed E-state index contributed by atoms with van der Waals surface area (Å²) in [5.41, 5.74) is 0.0799. The third-order valence-corrected chi connectivity index (χ3v) is 8.13. The molecule has 3 atom stereocenters. The Morgan fingerprint density at radius 1 is 1.25 bits per heavy atom. The second kappa shape index (κ2) is 8.95. The molecule has 0 spiro atoms. The number of fused-ring (bicyclic) bond motifs is 1. The molecule has 0 bridgehead atoms. The minimum Gasteiger partial charge on any atom is -0.448 e. The molecule has 0 aromatic carbocycles. The number of ketones is 1. The highest BCUT2D eigenvalue weighted by atomic mass is 32.2. The van der Waals surface area contributed by atoms with Crippen molar-refractivity contribution in [1.29, 1.82) is 0 Å². The van der Waals surface area contributed by atoms with E-state index >= 15 is 0 Å². The van der Waals surface area contributed by atoms with Gasteiger partial charge in [-0.25, -0.2) is 8.42 Å². The molecule has 0 aliphatic carbocycles. The van der Waals surface area contributed by atoms with Crippen molar-refractivity contribution in [3.63, 3.8) is 0 Å². The summed E-state index contributed by atoms with van der Waals surface area (Å²) in [5.74, 6) is -0.850. The van der Waals surface area contributed by atoms with Crippen LogP contribution in [0.25, 0.3) is 0 Å². The Kier molecular flexibility index (Phi) is 6.42. The fourth-order valence-electron chi connectivity index (χ4n) is 4.69. The molecule has 4 heterocycles. The van der Waals surface area contributed by atoms with Gasteiger partial charge in [0, 0.05) is 25.7 Å². The molecular weight excluding hydrogens is 438 g/mol. The van der Waals surface area contributed by atoms with E-state index in [4.69, 9.17) is 9.15 Å². The summed E-state index contributed by atoms with van der Waals surface area (Å²) in [6.07, 6.45) is 2.93. The number of rotatable bonds is 7. The second-order valence-electron chi connectivity index (χ2n) is 8.54. The van der Waals surface area contributed by atoms with Gasteiger partial charge < -0.3 is 19.4 Å². The number of Topliss-reactive ketones (excluding diaryl/α,β-unsaturated/α-hetero) is 1. The molecule has 2 amide bonds. The number of hydrogen-bond donors (Lipinski definition) is 1. The number of sulfonamides is 1. The van der Waals surface area contributed by atoms with Crippen LogP contribution in [0.2, 0.25) is 0 Å². The Labute approximate surface area is 187 Å². The van der Waals surface area contributed by atoms with Gasteiger partial charge in [0.2, 0.25) is 11.0 Å². The average molecular weight is 468 g/mol.